The highest BCUT2D eigenvalue weighted by molar-refractivity contribution is 5.90. The van der Waals surface area contributed by atoms with Crippen molar-refractivity contribution in [2.24, 2.45) is 11.8 Å². The first kappa shape index (κ1) is 19.5. The standard InChI is InChI=1S/C20H25FN4O4/c1-3-17(26)23-7-12-8-25(20(28)29-12)11-4-5-13(16(21)6-11)18-14-9-24(10-15(14)18)19(27)22-2/h4-6,12,14-15,18H,3,7-10H2,1-2H3,(H,22,27)(H,23,26)/t12-,14-,15+,18?/m0/s1. The lowest BCUT2D eigenvalue weighted by Gasteiger charge is -2.20. The number of carbonyl (C=O) groups is 3. The number of rotatable bonds is 5. The van der Waals surface area contributed by atoms with Gasteiger partial charge in [0, 0.05) is 26.6 Å². The summed E-state index contributed by atoms with van der Waals surface area (Å²) in [4.78, 5) is 38.4. The Morgan fingerprint density at radius 1 is 1.24 bits per heavy atom. The van der Waals surface area contributed by atoms with Crippen molar-refractivity contribution in [3.8, 4) is 0 Å². The Labute approximate surface area is 168 Å². The van der Waals surface area contributed by atoms with Gasteiger partial charge in [0.05, 0.1) is 18.8 Å². The van der Waals surface area contributed by atoms with Crippen molar-refractivity contribution in [2.45, 2.75) is 25.4 Å². The zero-order chi connectivity index (χ0) is 20.7. The Morgan fingerprint density at radius 3 is 2.59 bits per heavy atom. The molecule has 1 aliphatic carbocycles. The molecule has 1 saturated carbocycles. The summed E-state index contributed by atoms with van der Waals surface area (Å²) in [6, 6.07) is 4.74. The molecular weight excluding hydrogens is 379 g/mol. The van der Waals surface area contributed by atoms with Crippen LogP contribution in [0.4, 0.5) is 19.7 Å². The minimum absolute atomic E-state index is 0.0935. The molecule has 2 heterocycles. The van der Waals surface area contributed by atoms with E-state index in [4.69, 9.17) is 4.74 Å². The van der Waals surface area contributed by atoms with E-state index in [9.17, 15) is 18.8 Å². The monoisotopic (exact) mass is 404 g/mol. The van der Waals surface area contributed by atoms with E-state index in [0.29, 0.717) is 30.8 Å². The summed E-state index contributed by atoms with van der Waals surface area (Å²) >= 11 is 0. The first-order valence-electron chi connectivity index (χ1n) is 9.93. The number of halogens is 1. The van der Waals surface area contributed by atoms with Crippen LogP contribution in [0.25, 0.3) is 0 Å². The highest BCUT2D eigenvalue weighted by Crippen LogP contribution is 2.58. The molecule has 156 valence electrons. The molecular formula is C20H25FN4O4. The van der Waals surface area contributed by atoms with Gasteiger partial charge < -0.3 is 20.3 Å². The highest BCUT2D eigenvalue weighted by atomic mass is 19.1. The Balaban J connectivity index is 1.38. The van der Waals surface area contributed by atoms with E-state index in [-0.39, 0.29) is 48.6 Å². The van der Waals surface area contributed by atoms with Crippen LogP contribution in [0.5, 0.6) is 0 Å². The van der Waals surface area contributed by atoms with Crippen LogP contribution in [0.2, 0.25) is 0 Å². The predicted octanol–water partition coefficient (Wildman–Crippen LogP) is 1.66. The van der Waals surface area contributed by atoms with Crippen molar-refractivity contribution in [2.75, 3.05) is 38.1 Å². The molecule has 0 bridgehead atoms. The molecule has 0 radical (unpaired) electrons. The highest BCUT2D eigenvalue weighted by Gasteiger charge is 2.57. The largest absolute Gasteiger partial charge is 0.442 e. The van der Waals surface area contributed by atoms with E-state index in [1.165, 1.54) is 11.0 Å². The number of carbonyl (C=O) groups excluding carboxylic acids is 3. The molecule has 1 aromatic rings. The van der Waals surface area contributed by atoms with Crippen LogP contribution in [0.1, 0.15) is 24.8 Å². The molecule has 29 heavy (non-hydrogen) atoms. The molecule has 4 amide bonds. The summed E-state index contributed by atoms with van der Waals surface area (Å²) in [6.07, 6.45) is -0.641. The number of nitrogens with one attached hydrogen (secondary N) is 2. The third-order valence-electron chi connectivity index (χ3n) is 6.07. The van der Waals surface area contributed by atoms with E-state index in [1.54, 1.807) is 31.0 Å². The first-order valence-corrected chi connectivity index (χ1v) is 9.93. The van der Waals surface area contributed by atoms with E-state index in [1.807, 2.05) is 0 Å². The van der Waals surface area contributed by atoms with Crippen LogP contribution in [0.3, 0.4) is 0 Å². The van der Waals surface area contributed by atoms with Crippen LogP contribution in [-0.4, -0.2) is 62.3 Å². The maximum absolute atomic E-state index is 14.8. The molecule has 0 aromatic heterocycles. The van der Waals surface area contributed by atoms with Crippen LogP contribution in [0.15, 0.2) is 18.2 Å². The Morgan fingerprint density at radius 2 is 1.97 bits per heavy atom. The third-order valence-corrected chi connectivity index (χ3v) is 6.07. The number of hydrogen-bond donors (Lipinski definition) is 2. The number of benzene rings is 1. The molecule has 8 nitrogen and oxygen atoms in total. The fraction of sp³-hybridized carbons (Fsp3) is 0.550. The number of urea groups is 1. The lowest BCUT2D eigenvalue weighted by molar-refractivity contribution is -0.121. The second-order valence-electron chi connectivity index (χ2n) is 7.79. The van der Waals surface area contributed by atoms with Gasteiger partial charge in [-0.15, -0.1) is 0 Å². The molecule has 1 aromatic carbocycles. The van der Waals surface area contributed by atoms with Crippen molar-refractivity contribution in [1.82, 2.24) is 15.5 Å². The molecule has 3 aliphatic rings. The average molecular weight is 404 g/mol. The van der Waals surface area contributed by atoms with Gasteiger partial charge >= 0.3 is 12.1 Å². The summed E-state index contributed by atoms with van der Waals surface area (Å²) in [7, 11) is 1.60. The van der Waals surface area contributed by atoms with Crippen molar-refractivity contribution in [3.63, 3.8) is 0 Å². The Kier molecular flexibility index (Phi) is 5.06. The van der Waals surface area contributed by atoms with Gasteiger partial charge in [0.25, 0.3) is 0 Å². The van der Waals surface area contributed by atoms with E-state index >= 15 is 0 Å². The number of fused-ring (bicyclic) bond motifs is 1. The maximum Gasteiger partial charge on any atom is 0.414 e. The van der Waals surface area contributed by atoms with Crippen molar-refractivity contribution in [3.05, 3.63) is 29.6 Å². The molecule has 1 unspecified atom stereocenters. The predicted molar refractivity (Wildman–Crippen MR) is 103 cm³/mol. The van der Waals surface area contributed by atoms with E-state index < -0.39 is 12.2 Å². The SMILES string of the molecule is CCC(=O)NC[C@H]1CN(c2ccc(C3[C@H]4CN(C(=O)NC)C[C@@H]34)c(F)c2)C(=O)O1. The van der Waals surface area contributed by atoms with Crippen LogP contribution in [0, 0.1) is 17.7 Å². The quantitative estimate of drug-likeness (QED) is 0.781. The van der Waals surface area contributed by atoms with Crippen LogP contribution >= 0.6 is 0 Å². The van der Waals surface area contributed by atoms with E-state index in [0.717, 1.165) is 0 Å². The molecule has 4 rings (SSSR count). The zero-order valence-corrected chi connectivity index (χ0v) is 16.5. The third kappa shape index (κ3) is 3.61. The summed E-state index contributed by atoms with van der Waals surface area (Å²) in [6.45, 7) is 3.52. The number of amides is 4. The number of piperidine rings is 1. The van der Waals surface area contributed by atoms with Gasteiger partial charge in [-0.2, -0.15) is 0 Å². The summed E-state index contributed by atoms with van der Waals surface area (Å²) in [5.41, 5.74) is 1.08. The summed E-state index contributed by atoms with van der Waals surface area (Å²) in [5, 5.41) is 5.32. The van der Waals surface area contributed by atoms with Crippen molar-refractivity contribution >= 4 is 23.7 Å². The molecule has 2 aliphatic heterocycles. The van der Waals surface area contributed by atoms with E-state index in [2.05, 4.69) is 10.6 Å². The molecule has 9 heteroatoms. The maximum atomic E-state index is 14.8. The van der Waals surface area contributed by atoms with Gasteiger partial charge in [-0.25, -0.2) is 14.0 Å². The lowest BCUT2D eigenvalue weighted by atomic mass is 10.1. The van der Waals surface area contributed by atoms with Gasteiger partial charge in [0.15, 0.2) is 0 Å². The van der Waals surface area contributed by atoms with Gasteiger partial charge in [-0.3, -0.25) is 9.69 Å². The van der Waals surface area contributed by atoms with Crippen molar-refractivity contribution < 1.29 is 23.5 Å². The van der Waals surface area contributed by atoms with Gasteiger partial charge in [-0.1, -0.05) is 13.0 Å². The summed E-state index contributed by atoms with van der Waals surface area (Å²) in [5.74, 6) is 0.239. The minimum Gasteiger partial charge on any atom is -0.442 e. The second-order valence-corrected chi connectivity index (χ2v) is 7.79. The number of hydrogen-bond acceptors (Lipinski definition) is 4. The number of nitrogens with zero attached hydrogens (tertiary/aromatic N) is 2. The Bertz CT molecular complexity index is 836. The smallest absolute Gasteiger partial charge is 0.414 e. The average Bonchev–Trinajstić information content (AvgIpc) is 3.05. The number of anilines is 1. The van der Waals surface area contributed by atoms with Crippen LogP contribution < -0.4 is 15.5 Å². The number of likely N-dealkylation sites (tertiary alicyclic amines) is 1. The topological polar surface area (TPSA) is 91.0 Å². The fourth-order valence-corrected chi connectivity index (χ4v) is 4.46. The Hall–Kier alpha value is -2.84. The fourth-order valence-electron chi connectivity index (χ4n) is 4.46. The van der Waals surface area contributed by atoms with Gasteiger partial charge in [0.1, 0.15) is 11.9 Å². The summed E-state index contributed by atoms with van der Waals surface area (Å²) < 4.78 is 20.1. The van der Waals surface area contributed by atoms with Gasteiger partial charge in [-0.05, 0) is 35.4 Å². The molecule has 4 atom stereocenters. The normalized spacial score (nSPS) is 27.5. The molecule has 3 fully saturated rings. The van der Waals surface area contributed by atoms with Crippen molar-refractivity contribution in [1.29, 1.82) is 0 Å². The molecule has 0 spiro atoms. The first-order chi connectivity index (χ1) is 13.9. The zero-order valence-electron chi connectivity index (χ0n) is 16.5. The van der Waals surface area contributed by atoms with Gasteiger partial charge in [0.2, 0.25) is 5.91 Å². The second kappa shape index (κ2) is 7.53. The lowest BCUT2D eigenvalue weighted by Crippen LogP contribution is -2.38. The number of ether oxygens (including phenoxy) is 1. The molecule has 2 N–H and O–H groups in total. The number of cyclic esters (lactones) is 1. The molecule has 2 saturated heterocycles. The minimum atomic E-state index is -0.544. The van der Waals surface area contributed by atoms with Crippen LogP contribution in [-0.2, 0) is 9.53 Å².